The number of amides is 2. The summed E-state index contributed by atoms with van der Waals surface area (Å²) in [5.41, 5.74) is -2.89. The van der Waals surface area contributed by atoms with Crippen molar-refractivity contribution in [2.45, 2.75) is 18.4 Å². The molecule has 2 N–H and O–H groups in total. The van der Waals surface area contributed by atoms with E-state index in [-0.39, 0.29) is 11.3 Å². The van der Waals surface area contributed by atoms with Gasteiger partial charge in [-0.1, -0.05) is 12.1 Å². The maximum absolute atomic E-state index is 13.5. The van der Waals surface area contributed by atoms with E-state index >= 15 is 0 Å². The summed E-state index contributed by atoms with van der Waals surface area (Å²) in [5.74, 6) is 0. The number of anilines is 1. The fourth-order valence-corrected chi connectivity index (χ4v) is 2.83. The number of benzene rings is 1. The van der Waals surface area contributed by atoms with Gasteiger partial charge in [-0.2, -0.15) is 26.3 Å². The van der Waals surface area contributed by atoms with Crippen molar-refractivity contribution in [1.82, 2.24) is 15.3 Å². The lowest BCUT2D eigenvalue weighted by Gasteiger charge is -2.23. The summed E-state index contributed by atoms with van der Waals surface area (Å²) in [5, 5.41) is 4.65. The highest BCUT2D eigenvalue weighted by Gasteiger charge is 2.38. The van der Waals surface area contributed by atoms with Crippen molar-refractivity contribution in [3.05, 3.63) is 89.5 Å². The smallest absolute Gasteiger partial charge is 0.325 e. The van der Waals surface area contributed by atoms with Crippen molar-refractivity contribution in [3.8, 4) is 0 Å². The molecular weight excluding hydrogens is 426 g/mol. The maximum Gasteiger partial charge on any atom is 0.418 e. The van der Waals surface area contributed by atoms with Crippen molar-refractivity contribution >= 4 is 11.7 Å². The van der Waals surface area contributed by atoms with E-state index in [0.29, 0.717) is 6.07 Å². The topological polar surface area (TPSA) is 66.9 Å². The van der Waals surface area contributed by atoms with E-state index in [9.17, 15) is 31.1 Å². The number of urea groups is 1. The van der Waals surface area contributed by atoms with Crippen LogP contribution in [0.15, 0.2) is 67.1 Å². The molecule has 2 aromatic heterocycles. The number of hydrogen-bond donors (Lipinski definition) is 2. The molecule has 0 radical (unpaired) electrons. The Morgan fingerprint density at radius 3 is 2.29 bits per heavy atom. The van der Waals surface area contributed by atoms with E-state index in [4.69, 9.17) is 0 Å². The Kier molecular flexibility index (Phi) is 6.14. The Bertz CT molecular complexity index is 1050. The number of pyridine rings is 2. The highest BCUT2D eigenvalue weighted by atomic mass is 19.4. The normalized spacial score (nSPS) is 12.8. The predicted octanol–water partition coefficient (Wildman–Crippen LogP) is 5.43. The summed E-state index contributed by atoms with van der Waals surface area (Å²) in [6.45, 7) is 0. The summed E-state index contributed by atoms with van der Waals surface area (Å²) in [6.07, 6.45) is -5.77. The number of halogens is 6. The fourth-order valence-electron chi connectivity index (χ4n) is 2.83. The second-order valence-corrected chi connectivity index (χ2v) is 6.33. The van der Waals surface area contributed by atoms with Crippen molar-refractivity contribution in [3.63, 3.8) is 0 Å². The number of nitrogens with zero attached hydrogens (tertiary/aromatic N) is 2. The van der Waals surface area contributed by atoms with E-state index in [1.54, 1.807) is 0 Å². The van der Waals surface area contributed by atoms with Crippen LogP contribution in [0.3, 0.4) is 0 Å². The molecule has 2 heterocycles. The molecule has 0 saturated heterocycles. The van der Waals surface area contributed by atoms with Gasteiger partial charge in [0.15, 0.2) is 0 Å². The second-order valence-electron chi connectivity index (χ2n) is 6.33. The molecule has 1 aromatic carbocycles. The average molecular weight is 440 g/mol. The van der Waals surface area contributed by atoms with Crippen LogP contribution < -0.4 is 10.6 Å². The standard InChI is InChI=1S/C20H14F6N4O/c21-19(22,23)13-5-1-4-12(10-13)16(17-15(20(24,25)26)7-3-9-28-17)30-18(31)29-14-6-2-8-27-11-14/h1-11,16H,(H2,29,30,31). The molecule has 2 amide bonds. The first-order valence-corrected chi connectivity index (χ1v) is 8.72. The summed E-state index contributed by atoms with van der Waals surface area (Å²) >= 11 is 0. The third-order valence-corrected chi connectivity index (χ3v) is 4.16. The molecular formula is C20H14F6N4O. The van der Waals surface area contributed by atoms with Gasteiger partial charge in [-0.05, 0) is 42.0 Å². The van der Waals surface area contributed by atoms with Crippen molar-refractivity contribution in [1.29, 1.82) is 0 Å². The van der Waals surface area contributed by atoms with Crippen molar-refractivity contribution in [2.75, 3.05) is 5.32 Å². The molecule has 0 fully saturated rings. The molecule has 5 nitrogen and oxygen atoms in total. The molecule has 0 aliphatic carbocycles. The van der Waals surface area contributed by atoms with Gasteiger partial charge in [0.25, 0.3) is 0 Å². The summed E-state index contributed by atoms with van der Waals surface area (Å²) < 4.78 is 80.0. The van der Waals surface area contributed by atoms with Crippen LogP contribution >= 0.6 is 0 Å². The van der Waals surface area contributed by atoms with Gasteiger partial charge in [-0.25, -0.2) is 4.79 Å². The highest BCUT2D eigenvalue weighted by molar-refractivity contribution is 5.89. The van der Waals surface area contributed by atoms with E-state index in [0.717, 1.165) is 30.5 Å². The van der Waals surface area contributed by atoms with Gasteiger partial charge in [-0.15, -0.1) is 0 Å². The minimum Gasteiger partial charge on any atom is -0.325 e. The first kappa shape index (κ1) is 22.1. The molecule has 1 atom stereocenters. The molecule has 162 valence electrons. The summed E-state index contributed by atoms with van der Waals surface area (Å²) in [7, 11) is 0. The van der Waals surface area contributed by atoms with Crippen LogP contribution in [0.1, 0.15) is 28.4 Å². The lowest BCUT2D eigenvalue weighted by molar-refractivity contribution is -0.139. The first-order chi connectivity index (χ1) is 14.6. The van der Waals surface area contributed by atoms with E-state index in [2.05, 4.69) is 20.6 Å². The number of nitrogens with one attached hydrogen (secondary N) is 2. The quantitative estimate of drug-likeness (QED) is 0.532. The summed E-state index contributed by atoms with van der Waals surface area (Å²) in [4.78, 5) is 19.9. The Morgan fingerprint density at radius 2 is 1.65 bits per heavy atom. The Hall–Kier alpha value is -3.63. The molecule has 0 aliphatic heterocycles. The molecule has 3 aromatic rings. The predicted molar refractivity (Wildman–Crippen MR) is 98.9 cm³/mol. The summed E-state index contributed by atoms with van der Waals surface area (Å²) in [6, 6.07) is 5.89. The van der Waals surface area contributed by atoms with Gasteiger partial charge < -0.3 is 10.6 Å². The molecule has 0 bridgehead atoms. The van der Waals surface area contributed by atoms with E-state index in [1.807, 2.05) is 0 Å². The van der Waals surface area contributed by atoms with Gasteiger partial charge in [0.05, 0.1) is 34.7 Å². The van der Waals surface area contributed by atoms with Crippen LogP contribution in [0.2, 0.25) is 0 Å². The zero-order valence-corrected chi connectivity index (χ0v) is 15.5. The minimum absolute atomic E-state index is 0.222. The van der Waals surface area contributed by atoms with Crippen molar-refractivity contribution < 1.29 is 31.1 Å². The molecule has 31 heavy (non-hydrogen) atoms. The molecule has 11 heteroatoms. The molecule has 0 saturated carbocycles. The number of hydrogen-bond acceptors (Lipinski definition) is 3. The maximum atomic E-state index is 13.5. The Morgan fingerprint density at radius 1 is 0.903 bits per heavy atom. The van der Waals surface area contributed by atoms with Gasteiger partial charge in [0, 0.05) is 12.4 Å². The largest absolute Gasteiger partial charge is 0.418 e. The van der Waals surface area contributed by atoms with Crippen LogP contribution in [0.5, 0.6) is 0 Å². The van der Waals surface area contributed by atoms with Crippen LogP contribution in [0, 0.1) is 0 Å². The van der Waals surface area contributed by atoms with Gasteiger partial charge in [0.1, 0.15) is 0 Å². The van der Waals surface area contributed by atoms with Gasteiger partial charge >= 0.3 is 18.4 Å². The molecule has 0 aliphatic rings. The third-order valence-electron chi connectivity index (χ3n) is 4.16. The number of carbonyl (C=O) groups excluding carboxylic acids is 1. The van der Waals surface area contributed by atoms with Crippen LogP contribution in [0.4, 0.5) is 36.8 Å². The lowest BCUT2D eigenvalue weighted by atomic mass is 9.97. The van der Waals surface area contributed by atoms with Crippen LogP contribution in [-0.4, -0.2) is 16.0 Å². The highest BCUT2D eigenvalue weighted by Crippen LogP contribution is 2.37. The fraction of sp³-hybridized carbons (Fsp3) is 0.150. The number of rotatable bonds is 4. The first-order valence-electron chi connectivity index (χ1n) is 8.72. The number of carbonyl (C=O) groups is 1. The van der Waals surface area contributed by atoms with Crippen LogP contribution in [0.25, 0.3) is 0 Å². The monoisotopic (exact) mass is 440 g/mol. The zero-order valence-electron chi connectivity index (χ0n) is 15.5. The van der Waals surface area contributed by atoms with Gasteiger partial charge in [0.2, 0.25) is 0 Å². The lowest BCUT2D eigenvalue weighted by Crippen LogP contribution is -2.35. The number of aromatic nitrogens is 2. The zero-order chi connectivity index (χ0) is 22.6. The molecule has 0 spiro atoms. The Balaban J connectivity index is 2.04. The van der Waals surface area contributed by atoms with E-state index in [1.165, 1.54) is 30.6 Å². The second kappa shape index (κ2) is 8.62. The molecule has 3 rings (SSSR count). The average Bonchev–Trinajstić information content (AvgIpc) is 2.72. The van der Waals surface area contributed by atoms with Crippen LogP contribution in [-0.2, 0) is 12.4 Å². The van der Waals surface area contributed by atoms with Gasteiger partial charge in [-0.3, -0.25) is 9.97 Å². The minimum atomic E-state index is -4.84. The number of alkyl halides is 6. The molecule has 1 unspecified atom stereocenters. The Labute approximate surface area is 172 Å². The third kappa shape index (κ3) is 5.50. The van der Waals surface area contributed by atoms with E-state index < -0.39 is 41.2 Å². The SMILES string of the molecule is O=C(Nc1cccnc1)NC(c1cccc(C(F)(F)F)c1)c1ncccc1C(F)(F)F. The van der Waals surface area contributed by atoms with Crippen molar-refractivity contribution in [2.24, 2.45) is 0 Å².